The van der Waals surface area contributed by atoms with Crippen LogP contribution in [0.15, 0.2) is 30.3 Å². The van der Waals surface area contributed by atoms with E-state index in [-0.39, 0.29) is 12.5 Å². The van der Waals surface area contributed by atoms with Crippen LogP contribution in [0.5, 0.6) is 0 Å². The van der Waals surface area contributed by atoms with Crippen molar-refractivity contribution in [3.63, 3.8) is 0 Å². The molecule has 4 heteroatoms. The molecule has 0 saturated carbocycles. The zero-order valence-corrected chi connectivity index (χ0v) is 7.90. The number of benzene rings is 1. The van der Waals surface area contributed by atoms with Gasteiger partial charge in [-0.1, -0.05) is 30.3 Å². The second kappa shape index (κ2) is 6.12. The molecule has 0 atom stereocenters. The molecule has 0 spiro atoms. The topological polar surface area (TPSA) is 64.3 Å². The molecule has 4 nitrogen and oxygen atoms in total. The Morgan fingerprint density at radius 2 is 2.07 bits per heavy atom. The zero-order valence-electron chi connectivity index (χ0n) is 7.90. The second-order valence-electron chi connectivity index (χ2n) is 2.88. The van der Waals surface area contributed by atoms with E-state index in [4.69, 9.17) is 5.90 Å². The minimum atomic E-state index is -0.0562. The van der Waals surface area contributed by atoms with Gasteiger partial charge < -0.3 is 10.2 Å². The summed E-state index contributed by atoms with van der Waals surface area (Å²) in [5, 5.41) is 2.76. The lowest BCUT2D eigenvalue weighted by Crippen LogP contribution is -2.24. The Bertz CT molecular complexity index is 275. The summed E-state index contributed by atoms with van der Waals surface area (Å²) in [7, 11) is 0. The van der Waals surface area contributed by atoms with Gasteiger partial charge >= 0.3 is 0 Å². The van der Waals surface area contributed by atoms with Gasteiger partial charge in [0.2, 0.25) is 5.91 Å². The van der Waals surface area contributed by atoms with Crippen LogP contribution in [0.25, 0.3) is 0 Å². The normalized spacial score (nSPS) is 9.79. The van der Waals surface area contributed by atoms with Crippen LogP contribution in [0.2, 0.25) is 0 Å². The number of nitrogens with one attached hydrogen (secondary N) is 1. The summed E-state index contributed by atoms with van der Waals surface area (Å²) in [6.07, 6.45) is 0.295. The number of carbonyl (C=O) groups excluding carboxylic acids is 1. The van der Waals surface area contributed by atoms with Gasteiger partial charge in [-0.25, -0.2) is 5.90 Å². The van der Waals surface area contributed by atoms with Crippen LogP contribution >= 0.6 is 0 Å². The smallest absolute Gasteiger partial charge is 0.222 e. The molecule has 14 heavy (non-hydrogen) atoms. The molecule has 0 aliphatic heterocycles. The molecular weight excluding hydrogens is 180 g/mol. The van der Waals surface area contributed by atoms with Crippen molar-refractivity contribution in [2.45, 2.75) is 13.0 Å². The standard InChI is InChI=1S/C10H14N2O2/c11-14-7-6-10(13)12-8-9-4-2-1-3-5-9/h1-5H,6-8,11H2,(H,12,13). The first-order valence-electron chi connectivity index (χ1n) is 4.45. The molecule has 0 radical (unpaired) electrons. The van der Waals surface area contributed by atoms with E-state index in [2.05, 4.69) is 10.2 Å². The average molecular weight is 194 g/mol. The summed E-state index contributed by atoms with van der Waals surface area (Å²) in [5.74, 6) is 4.75. The fraction of sp³-hybridized carbons (Fsp3) is 0.300. The van der Waals surface area contributed by atoms with Gasteiger partial charge in [0.1, 0.15) is 0 Å². The molecule has 0 heterocycles. The first-order chi connectivity index (χ1) is 6.83. The number of nitrogens with two attached hydrogens (primary N) is 1. The Morgan fingerprint density at radius 3 is 2.71 bits per heavy atom. The maximum Gasteiger partial charge on any atom is 0.222 e. The summed E-state index contributed by atoms with van der Waals surface area (Å²) >= 11 is 0. The van der Waals surface area contributed by atoms with E-state index in [1.807, 2.05) is 30.3 Å². The molecule has 0 bridgehead atoms. The largest absolute Gasteiger partial charge is 0.352 e. The van der Waals surface area contributed by atoms with E-state index < -0.39 is 0 Å². The number of rotatable bonds is 5. The molecule has 0 saturated heterocycles. The van der Waals surface area contributed by atoms with Gasteiger partial charge in [0.05, 0.1) is 13.0 Å². The van der Waals surface area contributed by atoms with E-state index in [1.165, 1.54) is 0 Å². The molecule has 1 rings (SSSR count). The van der Waals surface area contributed by atoms with Gasteiger partial charge in [0.15, 0.2) is 0 Å². The highest BCUT2D eigenvalue weighted by atomic mass is 16.6. The summed E-state index contributed by atoms with van der Waals surface area (Å²) < 4.78 is 0. The van der Waals surface area contributed by atoms with Gasteiger partial charge in [-0.05, 0) is 5.56 Å². The van der Waals surface area contributed by atoms with E-state index >= 15 is 0 Å². The molecule has 0 fully saturated rings. The predicted octanol–water partition coefficient (Wildman–Crippen LogP) is 0.583. The van der Waals surface area contributed by atoms with Gasteiger partial charge in [-0.2, -0.15) is 0 Å². The van der Waals surface area contributed by atoms with Crippen LogP contribution in [0, 0.1) is 0 Å². The van der Waals surface area contributed by atoms with Crippen molar-refractivity contribution >= 4 is 5.91 Å². The lowest BCUT2D eigenvalue weighted by atomic mass is 10.2. The molecule has 1 aromatic rings. The molecule has 0 aliphatic carbocycles. The monoisotopic (exact) mass is 194 g/mol. The first-order valence-corrected chi connectivity index (χ1v) is 4.45. The third-order valence-corrected chi connectivity index (χ3v) is 1.78. The quantitative estimate of drug-likeness (QED) is 0.674. The van der Waals surface area contributed by atoms with Crippen molar-refractivity contribution in [3.8, 4) is 0 Å². The lowest BCUT2D eigenvalue weighted by Gasteiger charge is -2.04. The van der Waals surface area contributed by atoms with E-state index in [0.717, 1.165) is 5.56 Å². The van der Waals surface area contributed by atoms with Gasteiger partial charge in [0, 0.05) is 6.54 Å². The van der Waals surface area contributed by atoms with Crippen molar-refractivity contribution in [1.82, 2.24) is 5.32 Å². The molecule has 76 valence electrons. The van der Waals surface area contributed by atoms with Gasteiger partial charge in [0.25, 0.3) is 0 Å². The highest BCUT2D eigenvalue weighted by molar-refractivity contribution is 5.75. The molecular formula is C10H14N2O2. The maximum atomic E-state index is 11.1. The maximum absolute atomic E-state index is 11.1. The number of hydrogen-bond donors (Lipinski definition) is 2. The van der Waals surface area contributed by atoms with Crippen molar-refractivity contribution in [1.29, 1.82) is 0 Å². The fourth-order valence-electron chi connectivity index (χ4n) is 1.04. The van der Waals surface area contributed by atoms with Crippen LogP contribution in [-0.4, -0.2) is 12.5 Å². The Labute approximate surface area is 83.0 Å². The van der Waals surface area contributed by atoms with Crippen LogP contribution < -0.4 is 11.2 Å². The molecule has 0 aliphatic rings. The number of hydrogen-bond acceptors (Lipinski definition) is 3. The minimum absolute atomic E-state index is 0.0562. The summed E-state index contributed by atoms with van der Waals surface area (Å²) in [6, 6.07) is 9.72. The van der Waals surface area contributed by atoms with Gasteiger partial charge in [-0.15, -0.1) is 0 Å². The van der Waals surface area contributed by atoms with E-state index in [1.54, 1.807) is 0 Å². The minimum Gasteiger partial charge on any atom is -0.352 e. The summed E-state index contributed by atoms with van der Waals surface area (Å²) in [4.78, 5) is 15.4. The summed E-state index contributed by atoms with van der Waals surface area (Å²) in [5.41, 5.74) is 1.08. The third kappa shape index (κ3) is 4.02. The zero-order chi connectivity index (χ0) is 10.2. The Kier molecular flexibility index (Phi) is 4.68. The van der Waals surface area contributed by atoms with Crippen molar-refractivity contribution < 1.29 is 9.63 Å². The third-order valence-electron chi connectivity index (χ3n) is 1.78. The Morgan fingerprint density at radius 1 is 1.36 bits per heavy atom. The summed E-state index contributed by atoms with van der Waals surface area (Å²) in [6.45, 7) is 0.796. The second-order valence-corrected chi connectivity index (χ2v) is 2.88. The first kappa shape index (κ1) is 10.7. The van der Waals surface area contributed by atoms with Crippen LogP contribution in [0.3, 0.4) is 0 Å². The lowest BCUT2D eigenvalue weighted by molar-refractivity contribution is -0.122. The number of carbonyl (C=O) groups is 1. The van der Waals surface area contributed by atoms with E-state index in [9.17, 15) is 4.79 Å². The predicted molar refractivity (Wildman–Crippen MR) is 53.0 cm³/mol. The molecule has 0 unspecified atom stereocenters. The van der Waals surface area contributed by atoms with Crippen LogP contribution in [-0.2, 0) is 16.2 Å². The van der Waals surface area contributed by atoms with Crippen molar-refractivity contribution in [3.05, 3.63) is 35.9 Å². The fourth-order valence-corrected chi connectivity index (χ4v) is 1.04. The van der Waals surface area contributed by atoms with Crippen molar-refractivity contribution in [2.75, 3.05) is 6.61 Å². The SMILES string of the molecule is NOCCC(=O)NCc1ccccc1. The average Bonchev–Trinajstić information content (AvgIpc) is 2.25. The molecule has 3 N–H and O–H groups in total. The van der Waals surface area contributed by atoms with Crippen LogP contribution in [0.4, 0.5) is 0 Å². The molecule has 1 amide bonds. The molecule has 1 aromatic carbocycles. The molecule has 0 aromatic heterocycles. The Balaban J connectivity index is 2.24. The number of amides is 1. The highest BCUT2D eigenvalue weighted by Crippen LogP contribution is 1.97. The Hall–Kier alpha value is -1.39. The van der Waals surface area contributed by atoms with Crippen LogP contribution in [0.1, 0.15) is 12.0 Å². The highest BCUT2D eigenvalue weighted by Gasteiger charge is 1.99. The van der Waals surface area contributed by atoms with E-state index in [0.29, 0.717) is 13.0 Å². The van der Waals surface area contributed by atoms with Crippen molar-refractivity contribution in [2.24, 2.45) is 5.90 Å². The van der Waals surface area contributed by atoms with Gasteiger partial charge in [-0.3, -0.25) is 4.79 Å².